The molecule has 0 bridgehead atoms. The molecule has 5 aromatic rings. The number of amides is 1. The molecule has 1 saturated heterocycles. The molecule has 1 N–H and O–H groups in total. The summed E-state index contributed by atoms with van der Waals surface area (Å²) in [5, 5.41) is 7.63. The maximum Gasteiger partial charge on any atom is 0.248 e. The molecule has 1 aliphatic heterocycles. The number of hydrogen-bond acceptors (Lipinski definition) is 8. The Hall–Kier alpha value is -4.77. The molecule has 0 saturated carbocycles. The van der Waals surface area contributed by atoms with Gasteiger partial charge in [-0.05, 0) is 23.6 Å². The van der Waals surface area contributed by atoms with Crippen LogP contribution in [0.15, 0.2) is 73.6 Å². The number of rotatable bonds is 10. The van der Waals surface area contributed by atoms with Crippen LogP contribution < -0.4 is 10.1 Å². The fourth-order valence-electron chi connectivity index (χ4n) is 4.65. The maximum absolute atomic E-state index is 11.8. The van der Waals surface area contributed by atoms with Crippen LogP contribution in [0.2, 0.25) is 0 Å². The molecule has 0 aliphatic carbocycles. The molecular formula is C29H30N8O3. The van der Waals surface area contributed by atoms with E-state index in [9.17, 15) is 4.79 Å². The van der Waals surface area contributed by atoms with Gasteiger partial charge in [-0.15, -0.1) is 0 Å². The van der Waals surface area contributed by atoms with Crippen LogP contribution >= 0.6 is 0 Å². The summed E-state index contributed by atoms with van der Waals surface area (Å²) in [5.41, 5.74) is 5.76. The Morgan fingerprint density at radius 3 is 2.77 bits per heavy atom. The molecule has 204 valence electrons. The standard InChI is InChI=1S/C29H30N8O3/c1-35-18-23(16-34-35)22-5-3-21(4-6-22)15-30-27-14-25(32-20-33-27)26-17-31-28-13-24(7-9-37(26)28)40-11-2-8-36-10-12-39-19-29(36)38/h3-7,9,13-14,16-18,20H,2,8,10-12,15,19H2,1H3,(H,30,32,33). The second-order valence-corrected chi connectivity index (χ2v) is 9.61. The van der Waals surface area contributed by atoms with Crippen LogP contribution in [0.3, 0.4) is 0 Å². The van der Waals surface area contributed by atoms with E-state index >= 15 is 0 Å². The molecule has 0 radical (unpaired) electrons. The van der Waals surface area contributed by atoms with Gasteiger partial charge in [0.1, 0.15) is 30.1 Å². The number of anilines is 1. The van der Waals surface area contributed by atoms with Crippen molar-refractivity contribution >= 4 is 17.4 Å². The lowest BCUT2D eigenvalue weighted by Gasteiger charge is -2.26. The Labute approximate surface area is 231 Å². The molecule has 1 fully saturated rings. The normalized spacial score (nSPS) is 13.6. The molecule has 5 heterocycles. The van der Waals surface area contributed by atoms with E-state index in [1.54, 1.807) is 17.2 Å². The fraction of sp³-hybridized carbons (Fsp3) is 0.276. The number of hydrogen-bond donors (Lipinski definition) is 1. The first-order chi connectivity index (χ1) is 19.6. The summed E-state index contributed by atoms with van der Waals surface area (Å²) in [5.74, 6) is 1.50. The maximum atomic E-state index is 11.8. The summed E-state index contributed by atoms with van der Waals surface area (Å²) >= 11 is 0. The summed E-state index contributed by atoms with van der Waals surface area (Å²) in [4.78, 5) is 27.1. The molecule has 0 atom stereocenters. The number of imidazole rings is 1. The zero-order valence-corrected chi connectivity index (χ0v) is 22.2. The quantitative estimate of drug-likeness (QED) is 0.269. The highest BCUT2D eigenvalue weighted by Gasteiger charge is 2.17. The van der Waals surface area contributed by atoms with Crippen molar-refractivity contribution in [2.24, 2.45) is 7.05 Å². The van der Waals surface area contributed by atoms with Gasteiger partial charge in [0.2, 0.25) is 5.91 Å². The number of nitrogens with zero attached hydrogens (tertiary/aromatic N) is 7. The molecule has 11 heteroatoms. The number of aromatic nitrogens is 6. The number of pyridine rings is 1. The van der Waals surface area contributed by atoms with Crippen molar-refractivity contribution < 1.29 is 14.3 Å². The molecule has 0 unspecified atom stereocenters. The lowest BCUT2D eigenvalue weighted by atomic mass is 10.1. The minimum absolute atomic E-state index is 0.0381. The van der Waals surface area contributed by atoms with E-state index in [4.69, 9.17) is 9.47 Å². The van der Waals surface area contributed by atoms with Crippen molar-refractivity contribution in [1.29, 1.82) is 0 Å². The van der Waals surface area contributed by atoms with Crippen LogP contribution in [0.5, 0.6) is 5.75 Å². The number of fused-ring (bicyclic) bond motifs is 1. The van der Waals surface area contributed by atoms with Gasteiger partial charge in [0.15, 0.2) is 0 Å². The van der Waals surface area contributed by atoms with E-state index in [0.29, 0.717) is 32.8 Å². The van der Waals surface area contributed by atoms with Crippen LogP contribution in [0.4, 0.5) is 5.82 Å². The molecular weight excluding hydrogens is 508 g/mol. The third-order valence-corrected chi connectivity index (χ3v) is 6.80. The fourth-order valence-corrected chi connectivity index (χ4v) is 4.65. The molecule has 11 nitrogen and oxygen atoms in total. The van der Waals surface area contributed by atoms with Crippen molar-refractivity contribution in [3.8, 4) is 28.3 Å². The summed E-state index contributed by atoms with van der Waals surface area (Å²) in [6.07, 6.45) is 9.90. The van der Waals surface area contributed by atoms with Crippen LogP contribution in [0.1, 0.15) is 12.0 Å². The minimum atomic E-state index is 0.0381. The van der Waals surface area contributed by atoms with Gasteiger partial charge in [-0.25, -0.2) is 15.0 Å². The van der Waals surface area contributed by atoms with Gasteiger partial charge in [0.25, 0.3) is 0 Å². The Balaban J connectivity index is 1.06. The van der Waals surface area contributed by atoms with Gasteiger partial charge in [0, 0.05) is 56.8 Å². The Morgan fingerprint density at radius 2 is 1.95 bits per heavy atom. The number of nitrogens with one attached hydrogen (secondary N) is 1. The first-order valence-corrected chi connectivity index (χ1v) is 13.2. The molecule has 1 aromatic carbocycles. The summed E-state index contributed by atoms with van der Waals surface area (Å²) in [6, 6.07) is 14.1. The number of aryl methyl sites for hydroxylation is 1. The topological polar surface area (TPSA) is 112 Å². The predicted molar refractivity (Wildman–Crippen MR) is 150 cm³/mol. The summed E-state index contributed by atoms with van der Waals surface area (Å²) < 4.78 is 14.9. The minimum Gasteiger partial charge on any atom is -0.493 e. The third-order valence-electron chi connectivity index (χ3n) is 6.80. The molecule has 6 rings (SSSR count). The second-order valence-electron chi connectivity index (χ2n) is 9.61. The molecule has 40 heavy (non-hydrogen) atoms. The van der Waals surface area contributed by atoms with Crippen molar-refractivity contribution in [3.63, 3.8) is 0 Å². The second kappa shape index (κ2) is 11.5. The van der Waals surface area contributed by atoms with Crippen LogP contribution in [0.25, 0.3) is 28.2 Å². The Bertz CT molecular complexity index is 1610. The van der Waals surface area contributed by atoms with E-state index in [0.717, 1.165) is 51.7 Å². The SMILES string of the molecule is Cn1cc(-c2ccc(CNc3cc(-c4cnc5cc(OCCCN6CCOCC6=O)ccn45)ncn3)cc2)cn1. The van der Waals surface area contributed by atoms with Crippen molar-refractivity contribution in [2.75, 3.05) is 38.2 Å². The van der Waals surface area contributed by atoms with E-state index in [1.807, 2.05) is 53.1 Å². The van der Waals surface area contributed by atoms with Gasteiger partial charge in [-0.3, -0.25) is 13.9 Å². The summed E-state index contributed by atoms with van der Waals surface area (Å²) in [6.45, 7) is 3.22. The first kappa shape index (κ1) is 25.5. The highest BCUT2D eigenvalue weighted by molar-refractivity contribution is 5.78. The molecule has 0 spiro atoms. The van der Waals surface area contributed by atoms with Crippen molar-refractivity contribution in [2.45, 2.75) is 13.0 Å². The lowest BCUT2D eigenvalue weighted by Crippen LogP contribution is -2.42. The number of carbonyl (C=O) groups is 1. The van der Waals surface area contributed by atoms with Gasteiger partial charge in [0.05, 0.1) is 37.0 Å². The number of benzene rings is 1. The molecule has 1 amide bonds. The van der Waals surface area contributed by atoms with Gasteiger partial charge < -0.3 is 19.7 Å². The number of ether oxygens (including phenoxy) is 2. The van der Waals surface area contributed by atoms with Gasteiger partial charge in [-0.2, -0.15) is 5.10 Å². The third kappa shape index (κ3) is 5.79. The van der Waals surface area contributed by atoms with E-state index in [2.05, 4.69) is 49.6 Å². The number of carbonyl (C=O) groups excluding carboxylic acids is 1. The largest absolute Gasteiger partial charge is 0.493 e. The average molecular weight is 539 g/mol. The van der Waals surface area contributed by atoms with Gasteiger partial charge >= 0.3 is 0 Å². The van der Waals surface area contributed by atoms with Crippen LogP contribution in [-0.2, 0) is 23.1 Å². The van der Waals surface area contributed by atoms with E-state index in [1.165, 1.54) is 0 Å². The highest BCUT2D eigenvalue weighted by atomic mass is 16.5. The monoisotopic (exact) mass is 538 g/mol. The highest BCUT2D eigenvalue weighted by Crippen LogP contribution is 2.24. The average Bonchev–Trinajstić information content (AvgIpc) is 3.61. The Morgan fingerprint density at radius 1 is 1.05 bits per heavy atom. The molecule has 4 aromatic heterocycles. The molecule has 1 aliphatic rings. The summed E-state index contributed by atoms with van der Waals surface area (Å²) in [7, 11) is 1.91. The van der Waals surface area contributed by atoms with Crippen LogP contribution in [-0.4, -0.2) is 72.9 Å². The zero-order valence-electron chi connectivity index (χ0n) is 22.2. The van der Waals surface area contributed by atoms with Crippen molar-refractivity contribution in [3.05, 3.63) is 79.1 Å². The predicted octanol–water partition coefficient (Wildman–Crippen LogP) is 3.43. The van der Waals surface area contributed by atoms with Crippen molar-refractivity contribution in [1.82, 2.24) is 34.0 Å². The lowest BCUT2D eigenvalue weighted by molar-refractivity contribution is -0.142. The van der Waals surface area contributed by atoms with Crippen LogP contribution in [0, 0.1) is 0 Å². The smallest absolute Gasteiger partial charge is 0.248 e. The Kier molecular flexibility index (Phi) is 7.36. The van der Waals surface area contributed by atoms with E-state index in [-0.39, 0.29) is 12.5 Å². The number of morpholine rings is 1. The zero-order chi connectivity index (χ0) is 27.3. The van der Waals surface area contributed by atoms with Gasteiger partial charge in [-0.1, -0.05) is 24.3 Å². The first-order valence-electron chi connectivity index (χ1n) is 13.2. The van der Waals surface area contributed by atoms with E-state index < -0.39 is 0 Å².